The smallest absolute Gasteiger partial charge is 0.305 e. The molecular formula is C28H26ClFN4O6S. The minimum absolute atomic E-state index is 0.107. The third-order valence-corrected chi connectivity index (χ3v) is 8.06. The average molecular weight is 601 g/mol. The number of methoxy groups -OCH3 is 1. The number of aromatic nitrogens is 2. The molecule has 41 heavy (non-hydrogen) atoms. The normalized spacial score (nSPS) is 16.6. The van der Waals surface area contributed by atoms with Gasteiger partial charge in [-0.1, -0.05) is 23.7 Å². The number of benzene rings is 2. The first-order chi connectivity index (χ1) is 19.7. The van der Waals surface area contributed by atoms with Crippen molar-refractivity contribution >= 4 is 63.6 Å². The quantitative estimate of drug-likeness (QED) is 0.252. The number of carbonyl (C=O) groups is 3. The number of likely N-dealkylation sites (tertiary alicyclic amines) is 1. The molecule has 1 fully saturated rings. The number of hydrogen-bond donors (Lipinski definition) is 1. The number of rotatable bonds is 9. The van der Waals surface area contributed by atoms with E-state index in [1.165, 1.54) is 37.5 Å². The Hall–Kier alpha value is -4.03. The highest BCUT2D eigenvalue weighted by atomic mass is 35.5. The number of anilines is 2. The maximum Gasteiger partial charge on any atom is 0.305 e. The fourth-order valence-corrected chi connectivity index (χ4v) is 6.02. The monoisotopic (exact) mass is 600 g/mol. The van der Waals surface area contributed by atoms with Gasteiger partial charge in [-0.05, 0) is 36.2 Å². The second-order valence-corrected chi connectivity index (χ2v) is 11.0. The Balaban J connectivity index is 1.33. The van der Waals surface area contributed by atoms with Crippen LogP contribution in [0.5, 0.6) is 0 Å². The van der Waals surface area contributed by atoms with Crippen LogP contribution in [-0.4, -0.2) is 52.5 Å². The number of halogens is 2. The molecule has 0 unspecified atom stereocenters. The van der Waals surface area contributed by atoms with Gasteiger partial charge in [0.15, 0.2) is 5.58 Å². The molecule has 214 valence electrons. The highest BCUT2D eigenvalue weighted by Gasteiger charge is 2.42. The largest absolute Gasteiger partial charge is 0.469 e. The average Bonchev–Trinajstić information content (AvgIpc) is 3.67. The summed E-state index contributed by atoms with van der Waals surface area (Å²) in [5.41, 5.74) is 1.55. The van der Waals surface area contributed by atoms with Gasteiger partial charge in [-0.3, -0.25) is 14.4 Å². The van der Waals surface area contributed by atoms with Gasteiger partial charge in [-0.2, -0.15) is 4.98 Å². The topological polar surface area (TPSA) is 124 Å². The van der Waals surface area contributed by atoms with Crippen molar-refractivity contribution in [2.45, 2.75) is 44.8 Å². The van der Waals surface area contributed by atoms with Crippen LogP contribution in [0, 0.1) is 5.82 Å². The van der Waals surface area contributed by atoms with Gasteiger partial charge in [0.1, 0.15) is 28.5 Å². The van der Waals surface area contributed by atoms with Crippen LogP contribution in [0.2, 0.25) is 5.02 Å². The van der Waals surface area contributed by atoms with Crippen LogP contribution in [0.1, 0.15) is 41.3 Å². The maximum absolute atomic E-state index is 15.2. The van der Waals surface area contributed by atoms with Crippen molar-refractivity contribution in [1.82, 2.24) is 14.9 Å². The molecule has 0 aliphatic carbocycles. The zero-order chi connectivity index (χ0) is 29.1. The highest BCUT2D eigenvalue weighted by molar-refractivity contribution is 7.11. The van der Waals surface area contributed by atoms with Gasteiger partial charge >= 0.3 is 11.9 Å². The summed E-state index contributed by atoms with van der Waals surface area (Å²) in [6.45, 7) is 1.60. The predicted octanol–water partition coefficient (Wildman–Crippen LogP) is 5.37. The molecule has 1 N–H and O–H groups in total. The molecule has 0 bridgehead atoms. The van der Waals surface area contributed by atoms with E-state index in [1.54, 1.807) is 23.2 Å². The first-order valence-electron chi connectivity index (χ1n) is 12.8. The van der Waals surface area contributed by atoms with E-state index >= 15 is 4.39 Å². The Labute approximate surface area is 243 Å². The lowest BCUT2D eigenvalue weighted by atomic mass is 10.1. The van der Waals surface area contributed by atoms with Crippen LogP contribution in [0.15, 0.2) is 47.0 Å². The molecule has 0 radical (unpaired) electrons. The van der Waals surface area contributed by atoms with Crippen LogP contribution in [-0.2, 0) is 36.7 Å². The molecule has 1 amide bonds. The number of ether oxygens (including phenoxy) is 2. The Bertz CT molecular complexity index is 1570. The van der Waals surface area contributed by atoms with E-state index in [9.17, 15) is 14.4 Å². The van der Waals surface area contributed by atoms with Gasteiger partial charge < -0.3 is 24.1 Å². The van der Waals surface area contributed by atoms with Gasteiger partial charge in [-0.15, -0.1) is 11.3 Å². The molecule has 1 aliphatic heterocycles. The molecular weight excluding hydrogens is 575 g/mol. The van der Waals surface area contributed by atoms with Crippen molar-refractivity contribution in [3.8, 4) is 0 Å². The highest BCUT2D eigenvalue weighted by Crippen LogP contribution is 2.38. The van der Waals surface area contributed by atoms with Crippen LogP contribution >= 0.6 is 22.9 Å². The van der Waals surface area contributed by atoms with Gasteiger partial charge in [0.25, 0.3) is 6.01 Å². The van der Waals surface area contributed by atoms with E-state index in [0.717, 1.165) is 4.88 Å². The number of esters is 2. The number of hydrogen-bond acceptors (Lipinski definition) is 10. The van der Waals surface area contributed by atoms with Gasteiger partial charge in [0.2, 0.25) is 5.91 Å². The van der Waals surface area contributed by atoms with E-state index in [-0.39, 0.29) is 47.0 Å². The van der Waals surface area contributed by atoms with E-state index in [1.807, 2.05) is 12.1 Å². The van der Waals surface area contributed by atoms with Crippen LogP contribution in [0.25, 0.3) is 11.1 Å². The Morgan fingerprint density at radius 2 is 2.07 bits per heavy atom. The van der Waals surface area contributed by atoms with E-state index in [4.69, 9.17) is 25.5 Å². The van der Waals surface area contributed by atoms with Crippen LogP contribution < -0.4 is 5.32 Å². The Morgan fingerprint density at radius 3 is 2.83 bits per heavy atom. The summed E-state index contributed by atoms with van der Waals surface area (Å²) < 4.78 is 31.0. The SMILES string of the molecule is COC(=O)CCc1cnc([C@@H]2[C@@H](OC(C)=O)CCN2C(=O)Cc2cc(Cl)c(Nc3nc4ccccc4o3)cc2F)s1. The van der Waals surface area contributed by atoms with Crippen molar-refractivity contribution in [3.05, 3.63) is 68.9 Å². The van der Waals surface area contributed by atoms with Crippen molar-refractivity contribution in [3.63, 3.8) is 0 Å². The molecule has 2 aromatic carbocycles. The van der Waals surface area contributed by atoms with Crippen LogP contribution in [0.3, 0.4) is 0 Å². The number of carbonyl (C=O) groups excluding carboxylic acids is 3. The van der Waals surface area contributed by atoms with Crippen molar-refractivity contribution in [2.75, 3.05) is 19.0 Å². The van der Waals surface area contributed by atoms with Crippen molar-refractivity contribution < 1.29 is 32.7 Å². The minimum Gasteiger partial charge on any atom is -0.469 e. The molecule has 3 heterocycles. The molecule has 1 aliphatic rings. The summed E-state index contributed by atoms with van der Waals surface area (Å²) in [5.74, 6) is -1.82. The van der Waals surface area contributed by atoms with Gasteiger partial charge in [0.05, 0.1) is 30.7 Å². The molecule has 5 rings (SSSR count). The second-order valence-electron chi connectivity index (χ2n) is 9.42. The molecule has 0 spiro atoms. The molecule has 4 aromatic rings. The number of amides is 1. The number of para-hydroxylation sites is 2. The molecule has 2 aromatic heterocycles. The predicted molar refractivity (Wildman–Crippen MR) is 149 cm³/mol. The summed E-state index contributed by atoms with van der Waals surface area (Å²) in [6.07, 6.45) is 1.79. The first-order valence-corrected chi connectivity index (χ1v) is 14.0. The second kappa shape index (κ2) is 12.2. The lowest BCUT2D eigenvalue weighted by Gasteiger charge is -2.26. The standard InChI is InChI=1S/C28H26ClFN4O6S/c1-15(35)39-23-9-10-34(26(23)27-31-14-17(41-27)7-8-25(37)38-2)24(36)12-16-11-18(29)21(13-19(16)30)33-28-32-20-5-3-4-6-22(20)40-28/h3-6,11,13-14,23,26H,7-10,12H2,1-2H3,(H,32,33)/t23-,26-/m0/s1. The minimum atomic E-state index is -0.637. The Kier molecular flexibility index (Phi) is 8.50. The maximum atomic E-state index is 15.2. The third-order valence-electron chi connectivity index (χ3n) is 6.62. The number of oxazole rings is 1. The summed E-state index contributed by atoms with van der Waals surface area (Å²) in [7, 11) is 1.32. The van der Waals surface area contributed by atoms with Crippen molar-refractivity contribution in [2.24, 2.45) is 0 Å². The zero-order valence-electron chi connectivity index (χ0n) is 22.2. The number of nitrogens with one attached hydrogen (secondary N) is 1. The summed E-state index contributed by atoms with van der Waals surface area (Å²) in [4.78, 5) is 47.9. The molecule has 10 nitrogen and oxygen atoms in total. The molecule has 0 saturated carbocycles. The first kappa shape index (κ1) is 28.5. The van der Waals surface area contributed by atoms with E-state index < -0.39 is 23.9 Å². The summed E-state index contributed by atoms with van der Waals surface area (Å²) >= 11 is 7.77. The van der Waals surface area contributed by atoms with E-state index in [2.05, 4.69) is 15.3 Å². The Morgan fingerprint density at radius 1 is 1.27 bits per heavy atom. The molecule has 2 atom stereocenters. The number of thiazole rings is 1. The fraction of sp³-hybridized carbons (Fsp3) is 0.321. The lowest BCUT2D eigenvalue weighted by Crippen LogP contribution is -2.35. The van der Waals surface area contributed by atoms with Crippen molar-refractivity contribution in [1.29, 1.82) is 0 Å². The lowest BCUT2D eigenvalue weighted by molar-refractivity contribution is -0.149. The number of nitrogens with zero attached hydrogens (tertiary/aromatic N) is 3. The molecule has 13 heteroatoms. The fourth-order valence-electron chi connectivity index (χ4n) is 4.70. The summed E-state index contributed by atoms with van der Waals surface area (Å²) in [5, 5.41) is 3.64. The number of aryl methyl sites for hydroxylation is 1. The summed E-state index contributed by atoms with van der Waals surface area (Å²) in [6, 6.07) is 9.28. The van der Waals surface area contributed by atoms with Gasteiger partial charge in [-0.25, -0.2) is 9.37 Å². The van der Waals surface area contributed by atoms with Gasteiger partial charge in [0, 0.05) is 31.0 Å². The van der Waals surface area contributed by atoms with E-state index in [0.29, 0.717) is 35.5 Å². The van der Waals surface area contributed by atoms with Crippen LogP contribution in [0.4, 0.5) is 16.1 Å². The third kappa shape index (κ3) is 6.49. The number of fused-ring (bicyclic) bond motifs is 1. The zero-order valence-corrected chi connectivity index (χ0v) is 23.8. The molecule has 1 saturated heterocycles.